The molecule has 0 spiro atoms. The lowest BCUT2D eigenvalue weighted by Crippen LogP contribution is -2.31. The highest BCUT2D eigenvalue weighted by Gasteiger charge is 2.17. The number of amides is 2. The van der Waals surface area contributed by atoms with E-state index in [1.807, 2.05) is 30.3 Å². The highest BCUT2D eigenvalue weighted by molar-refractivity contribution is 7.92. The van der Waals surface area contributed by atoms with Crippen molar-refractivity contribution in [2.24, 2.45) is 0 Å². The van der Waals surface area contributed by atoms with Gasteiger partial charge in [-0.2, -0.15) is 0 Å². The van der Waals surface area contributed by atoms with Gasteiger partial charge < -0.3 is 15.4 Å². The minimum atomic E-state index is -4.03. The third-order valence-electron chi connectivity index (χ3n) is 4.50. The Hall–Kier alpha value is -4.18. The maximum Gasteiger partial charge on any atom is 0.262 e. The van der Waals surface area contributed by atoms with Crippen LogP contribution in [0.3, 0.4) is 0 Å². The molecule has 3 aromatic carbocycles. The van der Waals surface area contributed by atoms with Crippen LogP contribution >= 0.6 is 0 Å². The van der Waals surface area contributed by atoms with E-state index in [9.17, 15) is 22.4 Å². The number of carbonyl (C=O) groups is 2. The normalized spacial score (nSPS) is 11.1. The molecule has 0 bridgehead atoms. The van der Waals surface area contributed by atoms with Crippen LogP contribution in [0.5, 0.6) is 5.75 Å². The summed E-state index contributed by atoms with van der Waals surface area (Å²) in [7, 11) is -2.67. The van der Waals surface area contributed by atoms with Gasteiger partial charge in [-0.3, -0.25) is 14.3 Å². The van der Waals surface area contributed by atoms with E-state index in [1.165, 1.54) is 31.4 Å². The fraction of sp³-hybridized carbons (Fsp3) is 0.0833. The first-order chi connectivity index (χ1) is 16.3. The van der Waals surface area contributed by atoms with Crippen molar-refractivity contribution < 1.29 is 27.1 Å². The molecule has 3 N–H and O–H groups in total. The van der Waals surface area contributed by atoms with Gasteiger partial charge in [-0.05, 0) is 54.1 Å². The number of anilines is 2. The van der Waals surface area contributed by atoms with Crippen molar-refractivity contribution in [1.82, 2.24) is 5.32 Å². The standard InChI is InChI=1S/C24H22FN3O5S/c1-33-22-13-10-19(15-21(22)28-34(31,32)20-11-8-18(25)9-12-20)27-24(30)16-26-23(29)14-7-17-5-3-2-4-6-17/h2-15,28H,16H2,1H3,(H,26,29)(H,27,30)/b14-7+. The zero-order valence-electron chi connectivity index (χ0n) is 18.1. The van der Waals surface area contributed by atoms with Crippen molar-refractivity contribution in [1.29, 1.82) is 0 Å². The van der Waals surface area contributed by atoms with E-state index in [4.69, 9.17) is 4.74 Å². The fourth-order valence-corrected chi connectivity index (χ4v) is 3.91. The molecule has 0 saturated carbocycles. The molecule has 0 radical (unpaired) electrons. The number of hydrogen-bond acceptors (Lipinski definition) is 5. The van der Waals surface area contributed by atoms with Gasteiger partial charge in [-0.1, -0.05) is 30.3 Å². The Morgan fingerprint density at radius 3 is 2.38 bits per heavy atom. The molecule has 3 rings (SSSR count). The van der Waals surface area contributed by atoms with Crippen molar-refractivity contribution in [3.05, 3.63) is 90.3 Å². The van der Waals surface area contributed by atoms with Crippen LogP contribution < -0.4 is 20.1 Å². The second kappa shape index (κ2) is 11.1. The van der Waals surface area contributed by atoms with E-state index in [-0.39, 0.29) is 28.6 Å². The van der Waals surface area contributed by atoms with Gasteiger partial charge in [0.2, 0.25) is 11.8 Å². The number of sulfonamides is 1. The topological polar surface area (TPSA) is 114 Å². The summed E-state index contributed by atoms with van der Waals surface area (Å²) in [4.78, 5) is 24.0. The molecule has 2 amide bonds. The van der Waals surface area contributed by atoms with E-state index in [0.29, 0.717) is 0 Å². The number of halogens is 1. The first-order valence-electron chi connectivity index (χ1n) is 10.0. The zero-order valence-corrected chi connectivity index (χ0v) is 18.9. The third kappa shape index (κ3) is 6.91. The van der Waals surface area contributed by atoms with Gasteiger partial charge in [-0.15, -0.1) is 0 Å². The summed E-state index contributed by atoms with van der Waals surface area (Å²) >= 11 is 0. The van der Waals surface area contributed by atoms with E-state index in [1.54, 1.807) is 6.08 Å². The molecule has 0 heterocycles. The Morgan fingerprint density at radius 1 is 1.00 bits per heavy atom. The van der Waals surface area contributed by atoms with Crippen molar-refractivity contribution in [2.45, 2.75) is 4.90 Å². The predicted octanol–water partition coefficient (Wildman–Crippen LogP) is 3.40. The summed E-state index contributed by atoms with van der Waals surface area (Å²) in [6.07, 6.45) is 2.94. The van der Waals surface area contributed by atoms with E-state index < -0.39 is 27.7 Å². The predicted molar refractivity (Wildman–Crippen MR) is 127 cm³/mol. The fourth-order valence-electron chi connectivity index (χ4n) is 2.85. The first-order valence-corrected chi connectivity index (χ1v) is 11.5. The molecule has 10 heteroatoms. The van der Waals surface area contributed by atoms with Crippen molar-refractivity contribution in [3.8, 4) is 5.75 Å². The van der Waals surface area contributed by atoms with Crippen LogP contribution in [-0.2, 0) is 19.6 Å². The van der Waals surface area contributed by atoms with E-state index >= 15 is 0 Å². The first kappa shape index (κ1) is 24.5. The SMILES string of the molecule is COc1ccc(NC(=O)CNC(=O)/C=C/c2ccccc2)cc1NS(=O)(=O)c1ccc(F)cc1. The molecule has 0 aliphatic carbocycles. The summed E-state index contributed by atoms with van der Waals surface area (Å²) in [5, 5.41) is 5.05. The van der Waals surface area contributed by atoms with E-state index in [0.717, 1.165) is 29.8 Å². The van der Waals surface area contributed by atoms with Gasteiger partial charge in [0.1, 0.15) is 11.6 Å². The monoisotopic (exact) mass is 483 g/mol. The van der Waals surface area contributed by atoms with Crippen LogP contribution in [0, 0.1) is 5.82 Å². The molecule has 0 unspecified atom stereocenters. The molecule has 0 aromatic heterocycles. The molecule has 0 atom stereocenters. The lowest BCUT2D eigenvalue weighted by molar-refractivity contribution is -0.121. The number of nitrogens with one attached hydrogen (secondary N) is 3. The zero-order chi connectivity index (χ0) is 24.6. The van der Waals surface area contributed by atoms with Gasteiger partial charge in [0.25, 0.3) is 10.0 Å². The quantitative estimate of drug-likeness (QED) is 0.404. The Bertz CT molecular complexity index is 1290. The Balaban J connectivity index is 1.63. The van der Waals surface area contributed by atoms with Crippen LogP contribution in [0.15, 0.2) is 83.8 Å². The summed E-state index contributed by atoms with van der Waals surface area (Å²) in [5.74, 6) is -1.31. The van der Waals surface area contributed by atoms with Gasteiger partial charge in [0.15, 0.2) is 0 Å². The lowest BCUT2D eigenvalue weighted by Gasteiger charge is -2.14. The minimum Gasteiger partial charge on any atom is -0.495 e. The van der Waals surface area contributed by atoms with Crippen LogP contribution in [0.4, 0.5) is 15.8 Å². The molecule has 176 valence electrons. The van der Waals surface area contributed by atoms with Crippen LogP contribution in [-0.4, -0.2) is 33.9 Å². The maximum atomic E-state index is 13.1. The van der Waals surface area contributed by atoms with Crippen molar-refractivity contribution >= 4 is 39.3 Å². The minimum absolute atomic E-state index is 0.0689. The molecule has 3 aromatic rings. The lowest BCUT2D eigenvalue weighted by atomic mass is 10.2. The molecular formula is C24H22FN3O5S. The average molecular weight is 484 g/mol. The molecule has 8 nitrogen and oxygen atoms in total. The number of hydrogen-bond donors (Lipinski definition) is 3. The van der Waals surface area contributed by atoms with Gasteiger partial charge in [0.05, 0.1) is 24.2 Å². The molecule has 0 saturated heterocycles. The second-order valence-corrected chi connectivity index (χ2v) is 8.67. The Labute approximate surface area is 196 Å². The molecule has 0 fully saturated rings. The number of ether oxygens (including phenoxy) is 1. The summed E-state index contributed by atoms with van der Waals surface area (Å²) in [5.41, 5.74) is 1.19. The maximum absolute atomic E-state index is 13.1. The summed E-state index contributed by atoms with van der Waals surface area (Å²) in [6.45, 7) is -0.291. The Morgan fingerprint density at radius 2 is 1.71 bits per heavy atom. The molecule has 0 aliphatic rings. The van der Waals surface area contributed by atoms with Gasteiger partial charge in [-0.25, -0.2) is 12.8 Å². The molecule has 0 aliphatic heterocycles. The Kier molecular flexibility index (Phi) is 7.99. The number of rotatable bonds is 9. The number of methoxy groups -OCH3 is 1. The number of benzene rings is 3. The van der Waals surface area contributed by atoms with Crippen LogP contribution in [0.25, 0.3) is 6.08 Å². The van der Waals surface area contributed by atoms with Crippen molar-refractivity contribution in [3.63, 3.8) is 0 Å². The molecule has 34 heavy (non-hydrogen) atoms. The second-order valence-electron chi connectivity index (χ2n) is 6.98. The summed E-state index contributed by atoms with van der Waals surface area (Å²) in [6, 6.07) is 17.9. The largest absolute Gasteiger partial charge is 0.495 e. The smallest absolute Gasteiger partial charge is 0.262 e. The van der Waals surface area contributed by atoms with Crippen LogP contribution in [0.1, 0.15) is 5.56 Å². The summed E-state index contributed by atoms with van der Waals surface area (Å²) < 4.78 is 45.9. The molecular weight excluding hydrogens is 461 g/mol. The third-order valence-corrected chi connectivity index (χ3v) is 5.88. The van der Waals surface area contributed by atoms with Gasteiger partial charge >= 0.3 is 0 Å². The highest BCUT2D eigenvalue weighted by atomic mass is 32.2. The average Bonchev–Trinajstić information content (AvgIpc) is 2.82. The van der Waals surface area contributed by atoms with Crippen molar-refractivity contribution in [2.75, 3.05) is 23.7 Å². The highest BCUT2D eigenvalue weighted by Crippen LogP contribution is 2.30. The van der Waals surface area contributed by atoms with Crippen LogP contribution in [0.2, 0.25) is 0 Å². The van der Waals surface area contributed by atoms with E-state index in [2.05, 4.69) is 15.4 Å². The number of carbonyl (C=O) groups excluding carboxylic acids is 2. The van der Waals surface area contributed by atoms with Gasteiger partial charge in [0, 0.05) is 11.8 Å².